The largest absolute Gasteiger partial charge is 0.383 e. The highest BCUT2D eigenvalue weighted by Crippen LogP contribution is 2.12. The summed E-state index contributed by atoms with van der Waals surface area (Å²) < 4.78 is 5.33. The van der Waals surface area contributed by atoms with Gasteiger partial charge in [0.25, 0.3) is 0 Å². The predicted molar refractivity (Wildman–Crippen MR) is 67.9 cm³/mol. The van der Waals surface area contributed by atoms with Crippen molar-refractivity contribution < 1.29 is 4.74 Å². The summed E-state index contributed by atoms with van der Waals surface area (Å²) in [4.78, 5) is 4.98. The van der Waals surface area contributed by atoms with Crippen molar-refractivity contribution in [2.24, 2.45) is 0 Å². The van der Waals surface area contributed by atoms with Gasteiger partial charge in [0.1, 0.15) is 0 Å². The third kappa shape index (κ3) is 4.01. The molecular weight excluding hydrogens is 202 g/mol. The van der Waals surface area contributed by atoms with Crippen LogP contribution in [0, 0.1) is 0 Å². The molecule has 0 radical (unpaired) electrons. The van der Waals surface area contributed by atoms with Crippen LogP contribution in [0.25, 0.3) is 0 Å². The van der Waals surface area contributed by atoms with E-state index in [1.54, 1.807) is 7.11 Å². The standard InChI is InChI=1S/C12H27N3O/c1-5-13-8-12(10-16-4)15-7-6-14(3)9-11(15)2/h11-13H,5-10H2,1-4H3. The van der Waals surface area contributed by atoms with Crippen molar-refractivity contribution in [3.63, 3.8) is 0 Å². The average molecular weight is 229 g/mol. The van der Waals surface area contributed by atoms with E-state index in [2.05, 4.69) is 36.0 Å². The van der Waals surface area contributed by atoms with E-state index < -0.39 is 0 Å². The zero-order valence-electron chi connectivity index (χ0n) is 11.2. The monoisotopic (exact) mass is 229 g/mol. The molecule has 16 heavy (non-hydrogen) atoms. The summed E-state index contributed by atoms with van der Waals surface area (Å²) in [6.45, 7) is 10.8. The molecular formula is C12H27N3O. The summed E-state index contributed by atoms with van der Waals surface area (Å²) in [5, 5.41) is 3.43. The summed E-state index contributed by atoms with van der Waals surface area (Å²) in [5.41, 5.74) is 0. The van der Waals surface area contributed by atoms with Gasteiger partial charge >= 0.3 is 0 Å². The van der Waals surface area contributed by atoms with Crippen molar-refractivity contribution in [2.75, 3.05) is 53.5 Å². The molecule has 4 nitrogen and oxygen atoms in total. The van der Waals surface area contributed by atoms with E-state index in [0.717, 1.165) is 39.3 Å². The lowest BCUT2D eigenvalue weighted by Crippen LogP contribution is -2.57. The lowest BCUT2D eigenvalue weighted by molar-refractivity contribution is 0.0232. The minimum absolute atomic E-state index is 0.508. The number of ether oxygens (including phenoxy) is 1. The molecule has 0 aromatic carbocycles. The minimum Gasteiger partial charge on any atom is -0.383 e. The second-order valence-electron chi connectivity index (χ2n) is 4.77. The highest BCUT2D eigenvalue weighted by atomic mass is 16.5. The summed E-state index contributed by atoms with van der Waals surface area (Å²) in [5.74, 6) is 0. The van der Waals surface area contributed by atoms with Crippen molar-refractivity contribution in [1.82, 2.24) is 15.1 Å². The van der Waals surface area contributed by atoms with Crippen LogP contribution in [0.3, 0.4) is 0 Å². The topological polar surface area (TPSA) is 27.7 Å². The van der Waals surface area contributed by atoms with Crippen LogP contribution in [-0.2, 0) is 4.74 Å². The van der Waals surface area contributed by atoms with Crippen LogP contribution in [0.2, 0.25) is 0 Å². The molecule has 1 aliphatic heterocycles. The maximum atomic E-state index is 5.33. The molecule has 0 amide bonds. The SMILES string of the molecule is CCNCC(COC)N1CCN(C)CC1C. The molecule has 2 unspecified atom stereocenters. The molecule has 4 heteroatoms. The quantitative estimate of drug-likeness (QED) is 0.706. The molecule has 0 bridgehead atoms. The molecule has 1 rings (SSSR count). The van der Waals surface area contributed by atoms with Crippen LogP contribution in [0.5, 0.6) is 0 Å². The number of hydrogen-bond donors (Lipinski definition) is 1. The van der Waals surface area contributed by atoms with E-state index >= 15 is 0 Å². The molecule has 1 fully saturated rings. The van der Waals surface area contributed by atoms with Crippen molar-refractivity contribution in [3.05, 3.63) is 0 Å². The van der Waals surface area contributed by atoms with Crippen LogP contribution in [-0.4, -0.2) is 75.4 Å². The van der Waals surface area contributed by atoms with Gasteiger partial charge in [0.15, 0.2) is 0 Å². The Kier molecular flexibility index (Phi) is 6.28. The number of hydrogen-bond acceptors (Lipinski definition) is 4. The van der Waals surface area contributed by atoms with Gasteiger partial charge in [-0.25, -0.2) is 0 Å². The number of nitrogens with zero attached hydrogens (tertiary/aromatic N) is 2. The first-order chi connectivity index (χ1) is 7.69. The lowest BCUT2D eigenvalue weighted by Gasteiger charge is -2.42. The Morgan fingerprint density at radius 3 is 2.75 bits per heavy atom. The summed E-state index contributed by atoms with van der Waals surface area (Å²) in [6.07, 6.45) is 0. The maximum Gasteiger partial charge on any atom is 0.0630 e. The van der Waals surface area contributed by atoms with Crippen molar-refractivity contribution >= 4 is 0 Å². The van der Waals surface area contributed by atoms with Crippen molar-refractivity contribution in [2.45, 2.75) is 25.9 Å². The van der Waals surface area contributed by atoms with E-state index in [0.29, 0.717) is 12.1 Å². The molecule has 0 spiro atoms. The van der Waals surface area contributed by atoms with Gasteiger partial charge in [0.05, 0.1) is 6.61 Å². The molecule has 1 saturated heterocycles. The summed E-state index contributed by atoms with van der Waals surface area (Å²) in [7, 11) is 3.99. The fourth-order valence-corrected chi connectivity index (χ4v) is 2.47. The van der Waals surface area contributed by atoms with Gasteiger partial charge in [-0.15, -0.1) is 0 Å². The number of rotatable bonds is 6. The average Bonchev–Trinajstić information content (AvgIpc) is 2.25. The zero-order chi connectivity index (χ0) is 12.0. The molecule has 0 aliphatic carbocycles. The molecule has 1 heterocycles. The van der Waals surface area contributed by atoms with Crippen molar-refractivity contribution in [1.29, 1.82) is 0 Å². The number of piperazine rings is 1. The normalized spacial score (nSPS) is 25.9. The van der Waals surface area contributed by atoms with E-state index in [1.807, 2.05) is 0 Å². The summed E-state index contributed by atoms with van der Waals surface area (Å²) >= 11 is 0. The van der Waals surface area contributed by atoms with E-state index in [4.69, 9.17) is 4.74 Å². The third-order valence-corrected chi connectivity index (χ3v) is 3.34. The first kappa shape index (κ1) is 13.9. The number of nitrogens with one attached hydrogen (secondary N) is 1. The van der Waals surface area contributed by atoms with Gasteiger partial charge in [0.2, 0.25) is 0 Å². The Morgan fingerprint density at radius 1 is 1.44 bits per heavy atom. The van der Waals surface area contributed by atoms with Crippen LogP contribution < -0.4 is 5.32 Å². The third-order valence-electron chi connectivity index (χ3n) is 3.34. The summed E-state index contributed by atoms with van der Waals surface area (Å²) in [6, 6.07) is 1.13. The molecule has 0 aromatic rings. The maximum absolute atomic E-state index is 5.33. The Hall–Kier alpha value is -0.160. The van der Waals surface area contributed by atoms with Gasteiger partial charge in [-0.2, -0.15) is 0 Å². The molecule has 2 atom stereocenters. The van der Waals surface area contributed by atoms with Gasteiger partial charge < -0.3 is 15.0 Å². The van der Waals surface area contributed by atoms with Gasteiger partial charge in [-0.05, 0) is 20.5 Å². The Morgan fingerprint density at radius 2 is 2.19 bits per heavy atom. The number of methoxy groups -OCH3 is 1. The van der Waals surface area contributed by atoms with Crippen molar-refractivity contribution in [3.8, 4) is 0 Å². The second-order valence-corrected chi connectivity index (χ2v) is 4.77. The van der Waals surface area contributed by atoms with E-state index in [1.165, 1.54) is 0 Å². The Bertz CT molecular complexity index is 189. The fraction of sp³-hybridized carbons (Fsp3) is 1.00. The molecule has 96 valence electrons. The Balaban J connectivity index is 2.48. The van der Waals surface area contributed by atoms with Crippen LogP contribution >= 0.6 is 0 Å². The van der Waals surface area contributed by atoms with Gasteiger partial charge in [-0.3, -0.25) is 4.90 Å². The smallest absolute Gasteiger partial charge is 0.0630 e. The van der Waals surface area contributed by atoms with Crippen LogP contribution in [0.1, 0.15) is 13.8 Å². The fourth-order valence-electron chi connectivity index (χ4n) is 2.47. The second kappa shape index (κ2) is 7.22. The first-order valence-corrected chi connectivity index (χ1v) is 6.33. The molecule has 1 N–H and O–H groups in total. The van der Waals surface area contributed by atoms with Crippen LogP contribution in [0.4, 0.5) is 0 Å². The van der Waals surface area contributed by atoms with E-state index in [9.17, 15) is 0 Å². The molecule has 0 aromatic heterocycles. The predicted octanol–water partition coefficient (Wildman–Crippen LogP) is 0.247. The highest BCUT2D eigenvalue weighted by Gasteiger charge is 2.27. The zero-order valence-corrected chi connectivity index (χ0v) is 11.2. The first-order valence-electron chi connectivity index (χ1n) is 6.33. The highest BCUT2D eigenvalue weighted by molar-refractivity contribution is 4.84. The Labute approximate surface area is 99.9 Å². The van der Waals surface area contributed by atoms with Gasteiger partial charge in [0, 0.05) is 45.4 Å². The van der Waals surface area contributed by atoms with Crippen LogP contribution in [0.15, 0.2) is 0 Å². The van der Waals surface area contributed by atoms with Gasteiger partial charge in [-0.1, -0.05) is 6.92 Å². The van der Waals surface area contributed by atoms with E-state index in [-0.39, 0.29) is 0 Å². The lowest BCUT2D eigenvalue weighted by atomic mass is 10.1. The number of likely N-dealkylation sites (N-methyl/N-ethyl adjacent to an activating group) is 2. The molecule has 0 saturated carbocycles. The minimum atomic E-state index is 0.508. The molecule has 1 aliphatic rings.